The van der Waals surface area contributed by atoms with Gasteiger partial charge in [-0.3, -0.25) is 0 Å². The van der Waals surface area contributed by atoms with Crippen molar-refractivity contribution in [2.45, 2.75) is 17.6 Å². The molecule has 0 aliphatic heterocycles. The fourth-order valence-corrected chi connectivity index (χ4v) is 3.15. The maximum atomic E-state index is 13.4. The molecule has 0 amide bonds. The molecule has 9 heteroatoms. The van der Waals surface area contributed by atoms with Gasteiger partial charge in [0.1, 0.15) is 5.82 Å². The van der Waals surface area contributed by atoms with Crippen molar-refractivity contribution in [1.82, 2.24) is 4.72 Å². The van der Waals surface area contributed by atoms with E-state index < -0.39 is 27.6 Å². The molecule has 0 spiro atoms. The molecule has 0 heterocycles. The monoisotopic (exact) mass is 459 g/mol. The van der Waals surface area contributed by atoms with Crippen molar-refractivity contribution < 1.29 is 26.0 Å². The van der Waals surface area contributed by atoms with Crippen LogP contribution in [0.2, 0.25) is 0 Å². The fraction of sp³-hybridized carbons (Fsp3) is 0.143. The maximum Gasteiger partial charge on any atom is 0.419 e. The minimum Gasteiger partial charge on any atom is -0.207 e. The average molecular weight is 459 g/mol. The van der Waals surface area contributed by atoms with Crippen molar-refractivity contribution in [3.63, 3.8) is 0 Å². The van der Waals surface area contributed by atoms with E-state index in [0.717, 1.165) is 9.64 Å². The first-order chi connectivity index (χ1) is 10.6. The Labute approximate surface area is 143 Å². The molecule has 2 aromatic carbocycles. The first-order valence-corrected chi connectivity index (χ1v) is 8.76. The van der Waals surface area contributed by atoms with E-state index in [2.05, 4.69) is 4.72 Å². The van der Waals surface area contributed by atoms with Gasteiger partial charge in [0.2, 0.25) is 10.0 Å². The smallest absolute Gasteiger partial charge is 0.207 e. The van der Waals surface area contributed by atoms with Gasteiger partial charge in [0, 0.05) is 10.1 Å². The third-order valence-corrected chi connectivity index (χ3v) is 5.07. The largest absolute Gasteiger partial charge is 0.419 e. The predicted molar refractivity (Wildman–Crippen MR) is 84.6 cm³/mol. The van der Waals surface area contributed by atoms with Crippen molar-refractivity contribution in [1.29, 1.82) is 0 Å². The van der Waals surface area contributed by atoms with Crippen molar-refractivity contribution in [3.05, 3.63) is 63.0 Å². The highest BCUT2D eigenvalue weighted by atomic mass is 127. The molecule has 1 N–H and O–H groups in total. The number of alkyl halides is 3. The third-order valence-electron chi connectivity index (χ3n) is 2.93. The van der Waals surface area contributed by atoms with E-state index in [0.29, 0.717) is 12.1 Å². The second-order valence-electron chi connectivity index (χ2n) is 4.59. The van der Waals surface area contributed by atoms with Gasteiger partial charge in [0.05, 0.1) is 10.5 Å². The zero-order chi connectivity index (χ0) is 17.3. The summed E-state index contributed by atoms with van der Waals surface area (Å²) in [6, 6.07) is 8.29. The quantitative estimate of drug-likeness (QED) is 0.557. The van der Waals surface area contributed by atoms with Gasteiger partial charge >= 0.3 is 6.18 Å². The molecular formula is C14H10F4INO2S. The van der Waals surface area contributed by atoms with Crippen LogP contribution in [0.5, 0.6) is 0 Å². The Kier molecular flexibility index (Phi) is 5.31. The Hall–Kier alpha value is -1.20. The summed E-state index contributed by atoms with van der Waals surface area (Å²) in [6.07, 6.45) is -4.79. The van der Waals surface area contributed by atoms with Gasteiger partial charge in [-0.1, -0.05) is 6.07 Å². The Balaban J connectivity index is 2.14. The number of rotatable bonds is 4. The number of benzene rings is 2. The normalized spacial score (nSPS) is 12.4. The van der Waals surface area contributed by atoms with Crippen LogP contribution in [0, 0.1) is 9.39 Å². The molecule has 2 aromatic rings. The van der Waals surface area contributed by atoms with E-state index in [1.54, 1.807) is 12.1 Å². The van der Waals surface area contributed by atoms with Crippen LogP contribution in [0.3, 0.4) is 0 Å². The van der Waals surface area contributed by atoms with Crippen LogP contribution < -0.4 is 4.72 Å². The number of nitrogens with one attached hydrogen (secondary N) is 1. The van der Waals surface area contributed by atoms with Crippen LogP contribution >= 0.6 is 22.6 Å². The van der Waals surface area contributed by atoms with Crippen LogP contribution in [-0.4, -0.2) is 8.42 Å². The van der Waals surface area contributed by atoms with Gasteiger partial charge in [-0.25, -0.2) is 17.5 Å². The molecule has 0 aliphatic carbocycles. The second kappa shape index (κ2) is 6.73. The highest BCUT2D eigenvalue weighted by Gasteiger charge is 2.33. The lowest BCUT2D eigenvalue weighted by atomic mass is 10.1. The van der Waals surface area contributed by atoms with Crippen LogP contribution in [0.1, 0.15) is 11.1 Å². The van der Waals surface area contributed by atoms with E-state index >= 15 is 0 Å². The highest BCUT2D eigenvalue weighted by molar-refractivity contribution is 14.1. The summed E-state index contributed by atoms with van der Waals surface area (Å²) in [5.74, 6) is -1.44. The standard InChI is InChI=1S/C14H10F4INO2S/c15-13-7-9(1-6-12(13)14(16,17)18)8-20-23(21,22)11-4-2-10(19)3-5-11/h1-7,20H,8H2. The van der Waals surface area contributed by atoms with Gasteiger partial charge < -0.3 is 0 Å². The van der Waals surface area contributed by atoms with E-state index in [-0.39, 0.29) is 17.0 Å². The zero-order valence-electron chi connectivity index (χ0n) is 11.4. The SMILES string of the molecule is O=S(=O)(NCc1ccc(C(F)(F)F)c(F)c1)c1ccc(I)cc1. The summed E-state index contributed by atoms with van der Waals surface area (Å²) in [7, 11) is -3.82. The molecule has 0 saturated heterocycles. The summed E-state index contributed by atoms with van der Waals surface area (Å²) >= 11 is 2.02. The van der Waals surface area contributed by atoms with Gasteiger partial charge in [0.25, 0.3) is 0 Å². The number of sulfonamides is 1. The van der Waals surface area contributed by atoms with Crippen molar-refractivity contribution >= 4 is 32.6 Å². The molecule has 0 aliphatic rings. The van der Waals surface area contributed by atoms with Crippen LogP contribution in [0.4, 0.5) is 17.6 Å². The third kappa shape index (κ3) is 4.64. The highest BCUT2D eigenvalue weighted by Crippen LogP contribution is 2.31. The fourth-order valence-electron chi connectivity index (χ4n) is 1.77. The molecule has 0 saturated carbocycles. The minimum absolute atomic E-state index is 0.0188. The first kappa shape index (κ1) is 18.1. The molecule has 2 rings (SSSR count). The van der Waals surface area contributed by atoms with Crippen molar-refractivity contribution in [2.24, 2.45) is 0 Å². The van der Waals surface area contributed by atoms with Crippen molar-refractivity contribution in [2.75, 3.05) is 0 Å². The number of halogens is 5. The van der Waals surface area contributed by atoms with Crippen LogP contribution in [0.15, 0.2) is 47.4 Å². The molecule has 3 nitrogen and oxygen atoms in total. The van der Waals surface area contributed by atoms with Gasteiger partial charge in [0.15, 0.2) is 0 Å². The Morgan fingerprint density at radius 2 is 1.65 bits per heavy atom. The Bertz CT molecular complexity index is 805. The molecule has 0 aromatic heterocycles. The molecule has 0 atom stereocenters. The lowest BCUT2D eigenvalue weighted by molar-refractivity contribution is -0.140. The Morgan fingerprint density at radius 3 is 2.17 bits per heavy atom. The summed E-state index contributed by atoms with van der Waals surface area (Å²) in [5, 5.41) is 0. The van der Waals surface area contributed by atoms with Gasteiger partial charge in [-0.2, -0.15) is 13.2 Å². The first-order valence-electron chi connectivity index (χ1n) is 6.20. The summed E-state index contributed by atoms with van der Waals surface area (Å²) in [6.45, 7) is -0.316. The van der Waals surface area contributed by atoms with Gasteiger partial charge in [-0.05, 0) is 64.6 Å². The van der Waals surface area contributed by atoms with E-state index in [1.165, 1.54) is 12.1 Å². The predicted octanol–water partition coefficient (Wildman–Crippen LogP) is 3.93. The van der Waals surface area contributed by atoms with Crippen LogP contribution in [-0.2, 0) is 22.7 Å². The second-order valence-corrected chi connectivity index (χ2v) is 7.60. The topological polar surface area (TPSA) is 46.2 Å². The molecule has 23 heavy (non-hydrogen) atoms. The van der Waals surface area contributed by atoms with E-state index in [9.17, 15) is 26.0 Å². The maximum absolute atomic E-state index is 13.4. The van der Waals surface area contributed by atoms with Gasteiger partial charge in [-0.15, -0.1) is 0 Å². The summed E-state index contributed by atoms with van der Waals surface area (Å²) < 4.78 is 78.0. The zero-order valence-corrected chi connectivity index (χ0v) is 14.3. The number of hydrogen-bond acceptors (Lipinski definition) is 2. The minimum atomic E-state index is -4.79. The molecular weight excluding hydrogens is 449 g/mol. The lowest BCUT2D eigenvalue weighted by Gasteiger charge is -2.10. The molecule has 0 radical (unpaired) electrons. The van der Waals surface area contributed by atoms with E-state index in [1.807, 2.05) is 22.6 Å². The van der Waals surface area contributed by atoms with Crippen LogP contribution in [0.25, 0.3) is 0 Å². The van der Waals surface area contributed by atoms with E-state index in [4.69, 9.17) is 0 Å². The molecule has 124 valence electrons. The molecule has 0 fully saturated rings. The number of hydrogen-bond donors (Lipinski definition) is 1. The summed E-state index contributed by atoms with van der Waals surface area (Å²) in [4.78, 5) is 0.0188. The van der Waals surface area contributed by atoms with Crippen molar-refractivity contribution in [3.8, 4) is 0 Å². The molecule has 0 unspecified atom stereocenters. The molecule has 0 bridgehead atoms. The summed E-state index contributed by atoms with van der Waals surface area (Å²) in [5.41, 5.74) is -1.30. The lowest BCUT2D eigenvalue weighted by Crippen LogP contribution is -2.23. The Morgan fingerprint density at radius 1 is 1.04 bits per heavy atom. The average Bonchev–Trinajstić information content (AvgIpc) is 2.44.